The molecule has 0 aliphatic rings. The van der Waals surface area contributed by atoms with Crippen molar-refractivity contribution in [2.75, 3.05) is 5.73 Å². The van der Waals surface area contributed by atoms with Gasteiger partial charge in [-0.05, 0) is 30.7 Å². The number of halogens is 1. The number of nitrogen functional groups attached to an aromatic ring is 1. The fraction of sp³-hybridized carbons (Fsp3) is 0.0909. The molecule has 0 aliphatic heterocycles. The first-order chi connectivity index (χ1) is 7.66. The van der Waals surface area contributed by atoms with Crippen LogP contribution in [-0.2, 0) is 0 Å². The SMILES string of the molecule is Cc1cc(Oc2nccnc2N)ccc1F. The second-order valence-electron chi connectivity index (χ2n) is 3.26. The van der Waals surface area contributed by atoms with Gasteiger partial charge in [-0.1, -0.05) is 0 Å². The van der Waals surface area contributed by atoms with Crippen LogP contribution in [0.4, 0.5) is 10.2 Å². The summed E-state index contributed by atoms with van der Waals surface area (Å²) in [7, 11) is 0. The van der Waals surface area contributed by atoms with Crippen molar-refractivity contribution in [1.82, 2.24) is 9.97 Å². The van der Waals surface area contributed by atoms with Crippen molar-refractivity contribution in [3.63, 3.8) is 0 Å². The van der Waals surface area contributed by atoms with Crippen LogP contribution in [-0.4, -0.2) is 9.97 Å². The van der Waals surface area contributed by atoms with Gasteiger partial charge in [-0.2, -0.15) is 0 Å². The van der Waals surface area contributed by atoms with E-state index in [-0.39, 0.29) is 17.5 Å². The predicted molar refractivity (Wildman–Crippen MR) is 57.7 cm³/mol. The van der Waals surface area contributed by atoms with E-state index in [4.69, 9.17) is 10.5 Å². The number of aromatic nitrogens is 2. The zero-order valence-corrected chi connectivity index (χ0v) is 8.64. The Hall–Kier alpha value is -2.17. The minimum Gasteiger partial charge on any atom is -0.436 e. The molecule has 1 aromatic carbocycles. The number of rotatable bonds is 2. The number of nitrogens with zero attached hydrogens (tertiary/aromatic N) is 2. The molecule has 0 saturated heterocycles. The smallest absolute Gasteiger partial charge is 0.262 e. The third-order valence-electron chi connectivity index (χ3n) is 2.04. The summed E-state index contributed by atoms with van der Waals surface area (Å²) < 4.78 is 18.4. The van der Waals surface area contributed by atoms with Crippen LogP contribution in [0.25, 0.3) is 0 Å². The van der Waals surface area contributed by atoms with E-state index in [2.05, 4.69) is 9.97 Å². The zero-order chi connectivity index (χ0) is 11.5. The summed E-state index contributed by atoms with van der Waals surface area (Å²) in [4.78, 5) is 7.75. The molecule has 2 N–H and O–H groups in total. The van der Waals surface area contributed by atoms with E-state index in [1.54, 1.807) is 13.0 Å². The Morgan fingerprint density at radius 3 is 2.69 bits per heavy atom. The van der Waals surface area contributed by atoms with Gasteiger partial charge in [0.1, 0.15) is 11.6 Å². The highest BCUT2D eigenvalue weighted by Crippen LogP contribution is 2.24. The number of benzene rings is 1. The first kappa shape index (κ1) is 10.4. The summed E-state index contributed by atoms with van der Waals surface area (Å²) in [5.74, 6) is 0.614. The molecule has 0 bridgehead atoms. The van der Waals surface area contributed by atoms with Gasteiger partial charge in [0.25, 0.3) is 5.88 Å². The summed E-state index contributed by atoms with van der Waals surface area (Å²) in [6, 6.07) is 4.41. The first-order valence-electron chi connectivity index (χ1n) is 4.67. The average molecular weight is 219 g/mol. The molecule has 4 nitrogen and oxygen atoms in total. The topological polar surface area (TPSA) is 61.0 Å². The van der Waals surface area contributed by atoms with Crippen molar-refractivity contribution < 1.29 is 9.13 Å². The third-order valence-corrected chi connectivity index (χ3v) is 2.04. The van der Waals surface area contributed by atoms with Gasteiger partial charge in [-0.15, -0.1) is 0 Å². The van der Waals surface area contributed by atoms with E-state index in [0.29, 0.717) is 11.3 Å². The minimum atomic E-state index is -0.278. The fourth-order valence-electron chi connectivity index (χ4n) is 1.21. The fourth-order valence-corrected chi connectivity index (χ4v) is 1.21. The van der Waals surface area contributed by atoms with Crippen LogP contribution < -0.4 is 10.5 Å². The van der Waals surface area contributed by atoms with E-state index in [9.17, 15) is 4.39 Å². The molecular formula is C11H10FN3O. The van der Waals surface area contributed by atoms with Gasteiger partial charge in [0, 0.05) is 12.4 Å². The Morgan fingerprint density at radius 2 is 2.00 bits per heavy atom. The molecule has 0 fully saturated rings. The number of nitrogens with two attached hydrogens (primary N) is 1. The van der Waals surface area contributed by atoms with Crippen LogP contribution in [0.3, 0.4) is 0 Å². The maximum Gasteiger partial charge on any atom is 0.262 e. The zero-order valence-electron chi connectivity index (χ0n) is 8.64. The van der Waals surface area contributed by atoms with Crippen molar-refractivity contribution in [2.45, 2.75) is 6.92 Å². The summed E-state index contributed by atoms with van der Waals surface area (Å²) in [5, 5.41) is 0. The Kier molecular flexibility index (Phi) is 2.68. The van der Waals surface area contributed by atoms with E-state index in [0.717, 1.165) is 0 Å². The lowest BCUT2D eigenvalue weighted by molar-refractivity contribution is 0.461. The van der Waals surface area contributed by atoms with Crippen LogP contribution >= 0.6 is 0 Å². The van der Waals surface area contributed by atoms with Gasteiger partial charge in [0.15, 0.2) is 5.82 Å². The number of anilines is 1. The second kappa shape index (κ2) is 4.14. The molecule has 0 saturated carbocycles. The lowest BCUT2D eigenvalue weighted by Gasteiger charge is -2.06. The molecule has 16 heavy (non-hydrogen) atoms. The molecule has 2 aromatic rings. The highest BCUT2D eigenvalue weighted by atomic mass is 19.1. The molecule has 1 heterocycles. The van der Waals surface area contributed by atoms with Gasteiger partial charge < -0.3 is 10.5 Å². The summed E-state index contributed by atoms with van der Waals surface area (Å²) in [6.07, 6.45) is 2.94. The largest absolute Gasteiger partial charge is 0.436 e. The van der Waals surface area contributed by atoms with E-state index < -0.39 is 0 Å². The molecule has 0 atom stereocenters. The van der Waals surface area contributed by atoms with Crippen molar-refractivity contribution >= 4 is 5.82 Å². The maximum atomic E-state index is 13.0. The molecule has 0 amide bonds. The molecule has 1 aromatic heterocycles. The molecule has 5 heteroatoms. The first-order valence-corrected chi connectivity index (χ1v) is 4.67. The van der Waals surface area contributed by atoms with Gasteiger partial charge in [0.05, 0.1) is 0 Å². The molecule has 0 unspecified atom stereocenters. The number of hydrogen-bond donors (Lipinski definition) is 1. The van der Waals surface area contributed by atoms with Gasteiger partial charge in [0.2, 0.25) is 0 Å². The number of aryl methyl sites for hydroxylation is 1. The van der Waals surface area contributed by atoms with Gasteiger partial charge in [-0.3, -0.25) is 0 Å². The monoisotopic (exact) mass is 219 g/mol. The summed E-state index contributed by atoms with van der Waals surface area (Å²) >= 11 is 0. The van der Waals surface area contributed by atoms with Crippen molar-refractivity contribution in [3.05, 3.63) is 42.0 Å². The van der Waals surface area contributed by atoms with Gasteiger partial charge in [-0.25, -0.2) is 14.4 Å². The van der Waals surface area contributed by atoms with Crippen LogP contribution in [0.5, 0.6) is 11.6 Å². The van der Waals surface area contributed by atoms with E-state index in [1.807, 2.05) is 0 Å². The third kappa shape index (κ3) is 2.08. The van der Waals surface area contributed by atoms with Crippen molar-refractivity contribution in [2.24, 2.45) is 0 Å². The Labute approximate surface area is 91.9 Å². The molecule has 82 valence electrons. The van der Waals surface area contributed by atoms with Crippen LogP contribution in [0, 0.1) is 12.7 Å². The highest BCUT2D eigenvalue weighted by Gasteiger charge is 2.05. The number of hydrogen-bond acceptors (Lipinski definition) is 4. The predicted octanol–water partition coefficient (Wildman–Crippen LogP) is 2.30. The van der Waals surface area contributed by atoms with Crippen LogP contribution in [0.2, 0.25) is 0 Å². The minimum absolute atomic E-state index is 0.199. The quantitative estimate of drug-likeness (QED) is 0.841. The van der Waals surface area contributed by atoms with Crippen LogP contribution in [0.15, 0.2) is 30.6 Å². The average Bonchev–Trinajstić information content (AvgIpc) is 2.27. The summed E-state index contributed by atoms with van der Waals surface area (Å²) in [6.45, 7) is 1.65. The maximum absolute atomic E-state index is 13.0. The van der Waals surface area contributed by atoms with Crippen molar-refractivity contribution in [1.29, 1.82) is 0 Å². The molecular weight excluding hydrogens is 209 g/mol. The van der Waals surface area contributed by atoms with E-state index >= 15 is 0 Å². The molecule has 0 spiro atoms. The normalized spacial score (nSPS) is 10.1. The van der Waals surface area contributed by atoms with Gasteiger partial charge >= 0.3 is 0 Å². The highest BCUT2D eigenvalue weighted by molar-refractivity contribution is 5.42. The molecule has 0 radical (unpaired) electrons. The van der Waals surface area contributed by atoms with Crippen LogP contribution in [0.1, 0.15) is 5.56 Å². The standard InChI is InChI=1S/C11H10FN3O/c1-7-6-8(2-3-9(7)12)16-11-10(13)14-4-5-15-11/h2-6H,1H3,(H2,13,14). The van der Waals surface area contributed by atoms with Crippen molar-refractivity contribution in [3.8, 4) is 11.6 Å². The lowest BCUT2D eigenvalue weighted by atomic mass is 10.2. The summed E-state index contributed by atoms with van der Waals surface area (Å²) in [5.41, 5.74) is 6.06. The Balaban J connectivity index is 2.28. The second-order valence-corrected chi connectivity index (χ2v) is 3.26. The molecule has 2 rings (SSSR count). The Bertz CT molecular complexity index is 516. The Morgan fingerprint density at radius 1 is 1.25 bits per heavy atom. The number of ether oxygens (including phenoxy) is 1. The molecule has 0 aliphatic carbocycles. The lowest BCUT2D eigenvalue weighted by Crippen LogP contribution is -1.97. The van der Waals surface area contributed by atoms with E-state index in [1.165, 1.54) is 24.5 Å².